The predicted octanol–water partition coefficient (Wildman–Crippen LogP) is 0.982. The molecule has 18 heavy (non-hydrogen) atoms. The maximum atomic E-state index is 11.9. The van der Waals surface area contributed by atoms with Crippen LogP contribution in [0.4, 0.5) is 0 Å². The van der Waals surface area contributed by atoms with Crippen molar-refractivity contribution >= 4 is 16.0 Å². The number of benzene rings is 1. The molecular weight excluding hydrogens is 254 g/mol. The van der Waals surface area contributed by atoms with Gasteiger partial charge in [-0.1, -0.05) is 30.3 Å². The zero-order valence-corrected chi connectivity index (χ0v) is 10.8. The zero-order chi connectivity index (χ0) is 13.2. The lowest BCUT2D eigenvalue weighted by atomic mass is 10.1. The normalized spacial score (nSPS) is 17.2. The second kappa shape index (κ2) is 5.07. The number of carbonyl (C=O) groups is 1. The van der Waals surface area contributed by atoms with Crippen LogP contribution in [-0.4, -0.2) is 26.7 Å². The molecule has 0 radical (unpaired) electrons. The van der Waals surface area contributed by atoms with Crippen LogP contribution in [0.1, 0.15) is 24.4 Å². The van der Waals surface area contributed by atoms with Crippen molar-refractivity contribution in [3.63, 3.8) is 0 Å². The average molecular weight is 269 g/mol. The maximum Gasteiger partial charge on any atom is 0.328 e. The lowest BCUT2D eigenvalue weighted by Gasteiger charge is -2.16. The molecule has 1 N–H and O–H groups in total. The molecule has 98 valence electrons. The van der Waals surface area contributed by atoms with Gasteiger partial charge in [0.2, 0.25) is 10.0 Å². The molecule has 1 aliphatic carbocycles. The van der Waals surface area contributed by atoms with Crippen molar-refractivity contribution in [2.24, 2.45) is 0 Å². The third-order valence-corrected chi connectivity index (χ3v) is 4.73. The maximum absolute atomic E-state index is 11.9. The Balaban J connectivity index is 2.24. The Morgan fingerprint density at radius 3 is 2.44 bits per heavy atom. The van der Waals surface area contributed by atoms with Crippen molar-refractivity contribution in [3.05, 3.63) is 35.9 Å². The average Bonchev–Trinajstić information content (AvgIpc) is 3.21. The minimum atomic E-state index is -3.44. The molecule has 1 fully saturated rings. The summed E-state index contributed by atoms with van der Waals surface area (Å²) in [7, 11) is -2.20. The first kappa shape index (κ1) is 13.0. The van der Waals surface area contributed by atoms with Gasteiger partial charge in [0.05, 0.1) is 12.4 Å². The fourth-order valence-corrected chi connectivity index (χ4v) is 3.16. The molecule has 0 amide bonds. The van der Waals surface area contributed by atoms with E-state index in [2.05, 4.69) is 9.46 Å². The van der Waals surface area contributed by atoms with Gasteiger partial charge < -0.3 is 4.74 Å². The number of nitrogens with one attached hydrogen (secondary N) is 1. The van der Waals surface area contributed by atoms with Gasteiger partial charge in [0.1, 0.15) is 6.04 Å². The molecule has 1 aromatic rings. The molecular formula is C12H15NO4S. The highest BCUT2D eigenvalue weighted by molar-refractivity contribution is 7.90. The van der Waals surface area contributed by atoms with Gasteiger partial charge >= 0.3 is 5.97 Å². The van der Waals surface area contributed by atoms with Crippen molar-refractivity contribution in [3.8, 4) is 0 Å². The largest absolute Gasteiger partial charge is 0.468 e. The second-order valence-corrected chi connectivity index (χ2v) is 6.22. The number of hydrogen-bond acceptors (Lipinski definition) is 4. The van der Waals surface area contributed by atoms with E-state index in [0.717, 1.165) is 0 Å². The summed E-state index contributed by atoms with van der Waals surface area (Å²) in [6.45, 7) is 0. The topological polar surface area (TPSA) is 72.5 Å². The summed E-state index contributed by atoms with van der Waals surface area (Å²) >= 11 is 0. The number of methoxy groups -OCH3 is 1. The SMILES string of the molecule is COC(=O)C(NS(=O)(=O)C1CC1)c1ccccc1. The molecule has 1 atom stereocenters. The van der Waals surface area contributed by atoms with Crippen molar-refractivity contribution in [2.75, 3.05) is 7.11 Å². The number of sulfonamides is 1. The van der Waals surface area contributed by atoms with Gasteiger partial charge in [-0.3, -0.25) is 0 Å². The van der Waals surface area contributed by atoms with Crippen LogP contribution in [0.2, 0.25) is 0 Å². The standard InChI is InChI=1S/C12H15NO4S/c1-17-12(14)11(9-5-3-2-4-6-9)13-18(15,16)10-7-8-10/h2-6,10-11,13H,7-8H2,1H3. The Hall–Kier alpha value is -1.40. The quantitative estimate of drug-likeness (QED) is 0.809. The Kier molecular flexibility index (Phi) is 3.68. The van der Waals surface area contributed by atoms with Crippen LogP contribution in [0, 0.1) is 0 Å². The second-order valence-electron chi connectivity index (χ2n) is 4.23. The van der Waals surface area contributed by atoms with Crippen LogP contribution < -0.4 is 4.72 Å². The van der Waals surface area contributed by atoms with Crippen LogP contribution in [0.25, 0.3) is 0 Å². The van der Waals surface area contributed by atoms with Gasteiger partial charge in [-0.25, -0.2) is 13.2 Å². The first-order valence-corrected chi connectivity index (χ1v) is 7.23. The van der Waals surface area contributed by atoms with Crippen LogP contribution in [0.3, 0.4) is 0 Å². The molecule has 6 heteroatoms. The summed E-state index contributed by atoms with van der Waals surface area (Å²) in [5, 5.41) is -0.367. The summed E-state index contributed by atoms with van der Waals surface area (Å²) in [5.41, 5.74) is 0.577. The van der Waals surface area contributed by atoms with E-state index in [-0.39, 0.29) is 5.25 Å². The van der Waals surface area contributed by atoms with Gasteiger partial charge in [0.25, 0.3) is 0 Å². The lowest BCUT2D eigenvalue weighted by molar-refractivity contribution is -0.142. The van der Waals surface area contributed by atoms with Crippen LogP contribution in [-0.2, 0) is 19.6 Å². The van der Waals surface area contributed by atoms with E-state index in [0.29, 0.717) is 18.4 Å². The fraction of sp³-hybridized carbons (Fsp3) is 0.417. The van der Waals surface area contributed by atoms with Crippen molar-refractivity contribution in [1.29, 1.82) is 0 Å². The van der Waals surface area contributed by atoms with E-state index in [1.54, 1.807) is 30.3 Å². The van der Waals surface area contributed by atoms with Gasteiger partial charge in [-0.2, -0.15) is 4.72 Å². The van der Waals surface area contributed by atoms with E-state index in [9.17, 15) is 13.2 Å². The zero-order valence-electron chi connectivity index (χ0n) is 10.00. The van der Waals surface area contributed by atoms with Gasteiger partial charge in [-0.05, 0) is 18.4 Å². The van der Waals surface area contributed by atoms with Gasteiger partial charge in [-0.15, -0.1) is 0 Å². The lowest BCUT2D eigenvalue weighted by Crippen LogP contribution is -2.36. The van der Waals surface area contributed by atoms with Crippen molar-refractivity contribution in [1.82, 2.24) is 4.72 Å². The molecule has 0 aromatic heterocycles. The molecule has 0 saturated heterocycles. The van der Waals surface area contributed by atoms with E-state index >= 15 is 0 Å². The summed E-state index contributed by atoms with van der Waals surface area (Å²) in [6.07, 6.45) is 1.30. The predicted molar refractivity (Wildman–Crippen MR) is 66.3 cm³/mol. The molecule has 1 unspecified atom stereocenters. The Labute approximate surface area is 106 Å². The third-order valence-electron chi connectivity index (χ3n) is 2.82. The highest BCUT2D eigenvalue weighted by Crippen LogP contribution is 2.29. The minimum absolute atomic E-state index is 0.367. The molecule has 2 rings (SSSR count). The summed E-state index contributed by atoms with van der Waals surface area (Å²) in [6, 6.07) is 7.70. The number of rotatable bonds is 5. The smallest absolute Gasteiger partial charge is 0.328 e. The van der Waals surface area contributed by atoms with E-state index in [1.165, 1.54) is 7.11 Å². The summed E-state index contributed by atoms with van der Waals surface area (Å²) in [4.78, 5) is 11.7. The molecule has 0 heterocycles. The molecule has 1 saturated carbocycles. The Morgan fingerprint density at radius 1 is 1.33 bits per heavy atom. The van der Waals surface area contributed by atoms with Crippen molar-refractivity contribution in [2.45, 2.75) is 24.1 Å². The molecule has 0 aliphatic heterocycles. The molecule has 0 spiro atoms. The highest BCUT2D eigenvalue weighted by atomic mass is 32.2. The molecule has 1 aromatic carbocycles. The number of ether oxygens (including phenoxy) is 1. The first-order valence-electron chi connectivity index (χ1n) is 5.68. The van der Waals surface area contributed by atoms with Crippen LogP contribution in [0.15, 0.2) is 30.3 Å². The van der Waals surface area contributed by atoms with Gasteiger partial charge in [0.15, 0.2) is 0 Å². The third kappa shape index (κ3) is 2.88. The van der Waals surface area contributed by atoms with E-state index < -0.39 is 22.0 Å². The molecule has 0 bridgehead atoms. The monoisotopic (exact) mass is 269 g/mol. The molecule has 1 aliphatic rings. The number of carbonyl (C=O) groups excluding carboxylic acids is 1. The number of esters is 1. The minimum Gasteiger partial charge on any atom is -0.468 e. The van der Waals surface area contributed by atoms with Gasteiger partial charge in [0, 0.05) is 0 Å². The van der Waals surface area contributed by atoms with Crippen molar-refractivity contribution < 1.29 is 17.9 Å². The fourth-order valence-electron chi connectivity index (χ4n) is 1.65. The number of hydrogen-bond donors (Lipinski definition) is 1. The Morgan fingerprint density at radius 2 is 1.94 bits per heavy atom. The van der Waals surface area contributed by atoms with E-state index in [1.807, 2.05) is 0 Å². The highest BCUT2D eigenvalue weighted by Gasteiger charge is 2.39. The van der Waals surface area contributed by atoms with E-state index in [4.69, 9.17) is 0 Å². The first-order chi connectivity index (χ1) is 8.54. The summed E-state index contributed by atoms with van der Waals surface area (Å²) in [5.74, 6) is -0.606. The molecule has 5 nitrogen and oxygen atoms in total. The van der Waals surface area contributed by atoms with Crippen LogP contribution >= 0.6 is 0 Å². The Bertz CT molecular complexity index is 522. The summed E-state index contributed by atoms with van der Waals surface area (Å²) < 4.78 is 30.8. The van der Waals surface area contributed by atoms with Crippen LogP contribution in [0.5, 0.6) is 0 Å².